The normalized spacial score (nSPS) is 10.6. The van der Waals surface area contributed by atoms with Crippen LogP contribution in [0.2, 0.25) is 5.02 Å². The van der Waals surface area contributed by atoms with Crippen molar-refractivity contribution in [2.75, 3.05) is 0 Å². The van der Waals surface area contributed by atoms with Crippen LogP contribution in [0, 0.1) is 6.92 Å². The molecule has 0 radical (unpaired) electrons. The predicted molar refractivity (Wildman–Crippen MR) is 105 cm³/mol. The van der Waals surface area contributed by atoms with Crippen molar-refractivity contribution in [2.24, 2.45) is 0 Å². The third-order valence-electron chi connectivity index (χ3n) is 3.79. The van der Waals surface area contributed by atoms with Gasteiger partial charge in [0.05, 0.1) is 0 Å². The summed E-state index contributed by atoms with van der Waals surface area (Å²) in [6.07, 6.45) is 0. The van der Waals surface area contributed by atoms with Gasteiger partial charge < -0.3 is 4.74 Å². The highest BCUT2D eigenvalue weighted by Crippen LogP contribution is 2.24. The summed E-state index contributed by atoms with van der Waals surface area (Å²) in [7, 11) is 0. The molecule has 0 aromatic heterocycles. The molecule has 0 unspecified atom stereocenters. The number of aryl methyl sites for hydroxylation is 1. The number of alkyl halides is 1. The second-order valence-electron chi connectivity index (χ2n) is 5.78. The average Bonchev–Trinajstić information content (AvgIpc) is 2.60. The van der Waals surface area contributed by atoms with Crippen LogP contribution in [0.4, 0.5) is 0 Å². The van der Waals surface area contributed by atoms with E-state index in [1.165, 1.54) is 16.7 Å². The molecule has 1 nitrogen and oxygen atoms in total. The van der Waals surface area contributed by atoms with E-state index in [4.69, 9.17) is 16.3 Å². The molecule has 0 saturated carbocycles. The zero-order valence-electron chi connectivity index (χ0n) is 13.4. The largest absolute Gasteiger partial charge is 0.489 e. The molecule has 0 spiro atoms. The van der Waals surface area contributed by atoms with Crippen molar-refractivity contribution in [3.63, 3.8) is 0 Å². The van der Waals surface area contributed by atoms with Gasteiger partial charge in [0.15, 0.2) is 0 Å². The summed E-state index contributed by atoms with van der Waals surface area (Å²) in [6.45, 7) is 2.68. The summed E-state index contributed by atoms with van der Waals surface area (Å²) in [5, 5.41) is 1.61. The molecule has 3 aromatic rings. The molecule has 0 fully saturated rings. The average molecular weight is 402 g/mol. The van der Waals surface area contributed by atoms with Crippen molar-refractivity contribution in [1.82, 2.24) is 0 Å². The molecule has 0 aliphatic rings. The Balaban J connectivity index is 1.68. The zero-order chi connectivity index (χ0) is 16.9. The molecule has 24 heavy (non-hydrogen) atoms. The minimum atomic E-state index is 0.571. The Bertz CT molecular complexity index is 810. The summed E-state index contributed by atoms with van der Waals surface area (Å²) in [4.78, 5) is 0. The van der Waals surface area contributed by atoms with E-state index in [-0.39, 0.29) is 0 Å². The highest BCUT2D eigenvalue weighted by Gasteiger charge is 2.02. The lowest BCUT2D eigenvalue weighted by Crippen LogP contribution is -1.97. The molecule has 0 amide bonds. The first kappa shape index (κ1) is 17.1. The Morgan fingerprint density at radius 1 is 0.833 bits per heavy atom. The zero-order valence-corrected chi connectivity index (χ0v) is 15.8. The summed E-state index contributed by atoms with van der Waals surface area (Å²) in [5.41, 5.74) is 6.00. The maximum absolute atomic E-state index is 5.93. The van der Waals surface area contributed by atoms with Crippen molar-refractivity contribution in [1.29, 1.82) is 0 Å². The van der Waals surface area contributed by atoms with E-state index in [0.717, 1.165) is 27.2 Å². The fraction of sp³-hybridized carbons (Fsp3) is 0.143. The first-order valence-electron chi connectivity index (χ1n) is 7.78. The van der Waals surface area contributed by atoms with Crippen LogP contribution in [0.5, 0.6) is 5.75 Å². The number of hydrogen-bond acceptors (Lipinski definition) is 1. The van der Waals surface area contributed by atoms with Gasteiger partial charge in [-0.1, -0.05) is 75.6 Å². The Morgan fingerprint density at radius 2 is 1.42 bits per heavy atom. The maximum Gasteiger partial charge on any atom is 0.119 e. The molecule has 0 N–H and O–H groups in total. The molecule has 0 bridgehead atoms. The number of rotatable bonds is 5. The van der Waals surface area contributed by atoms with Crippen molar-refractivity contribution in [3.8, 4) is 16.9 Å². The molecular weight excluding hydrogens is 384 g/mol. The monoisotopic (exact) mass is 400 g/mol. The first-order chi connectivity index (χ1) is 11.6. The molecule has 0 atom stereocenters. The molecule has 0 aliphatic carbocycles. The van der Waals surface area contributed by atoms with Gasteiger partial charge in [-0.05, 0) is 53.4 Å². The van der Waals surface area contributed by atoms with Gasteiger partial charge in [0, 0.05) is 10.4 Å². The molecular formula is C21H18BrClO. The van der Waals surface area contributed by atoms with Gasteiger partial charge in [0.25, 0.3) is 0 Å². The van der Waals surface area contributed by atoms with Gasteiger partial charge in [-0.2, -0.15) is 0 Å². The molecule has 3 heteroatoms. The Labute approximate surface area is 156 Å². The Morgan fingerprint density at radius 3 is 2.04 bits per heavy atom. The van der Waals surface area contributed by atoms with Crippen molar-refractivity contribution in [2.45, 2.75) is 18.9 Å². The quantitative estimate of drug-likeness (QED) is 0.428. The molecule has 0 heterocycles. The predicted octanol–water partition coefficient (Wildman–Crippen LogP) is 6.79. The third kappa shape index (κ3) is 4.40. The molecule has 0 aliphatic heterocycles. The number of ether oxygens (including phenoxy) is 1. The van der Waals surface area contributed by atoms with Crippen molar-refractivity contribution in [3.05, 3.63) is 88.4 Å². The van der Waals surface area contributed by atoms with Crippen LogP contribution >= 0.6 is 27.5 Å². The van der Waals surface area contributed by atoms with Crippen LogP contribution in [0.25, 0.3) is 11.1 Å². The molecule has 3 rings (SSSR count). The summed E-state index contributed by atoms with van der Waals surface area (Å²) < 4.78 is 5.92. The van der Waals surface area contributed by atoms with Crippen LogP contribution in [0.3, 0.4) is 0 Å². The topological polar surface area (TPSA) is 9.23 Å². The van der Waals surface area contributed by atoms with Crippen LogP contribution in [-0.4, -0.2) is 0 Å². The number of hydrogen-bond donors (Lipinski definition) is 0. The van der Waals surface area contributed by atoms with E-state index in [1.54, 1.807) is 0 Å². The van der Waals surface area contributed by atoms with Crippen molar-refractivity contribution < 1.29 is 4.74 Å². The van der Waals surface area contributed by atoms with E-state index in [9.17, 15) is 0 Å². The lowest BCUT2D eigenvalue weighted by Gasteiger charge is -2.09. The van der Waals surface area contributed by atoms with Gasteiger partial charge in [-0.3, -0.25) is 0 Å². The summed E-state index contributed by atoms with van der Waals surface area (Å²) in [6, 6.07) is 22.5. The standard InChI is InChI=1S/C21H18BrClO/c1-15-10-16(13-22)12-17(11-15)14-24-21-8-4-19(5-9-21)18-2-6-20(23)7-3-18/h2-12H,13-14H2,1H3. The Kier molecular flexibility index (Phi) is 5.60. The van der Waals surface area contributed by atoms with E-state index >= 15 is 0 Å². The molecule has 0 saturated heterocycles. The van der Waals surface area contributed by atoms with Gasteiger partial charge in [-0.25, -0.2) is 0 Å². The van der Waals surface area contributed by atoms with Gasteiger partial charge >= 0.3 is 0 Å². The highest BCUT2D eigenvalue weighted by atomic mass is 79.9. The maximum atomic E-state index is 5.93. The summed E-state index contributed by atoms with van der Waals surface area (Å²) in [5.74, 6) is 0.870. The van der Waals surface area contributed by atoms with Crippen LogP contribution in [0.1, 0.15) is 16.7 Å². The van der Waals surface area contributed by atoms with Gasteiger partial charge in [-0.15, -0.1) is 0 Å². The van der Waals surface area contributed by atoms with E-state index in [2.05, 4.69) is 53.2 Å². The van der Waals surface area contributed by atoms with Crippen molar-refractivity contribution >= 4 is 27.5 Å². The lowest BCUT2D eigenvalue weighted by molar-refractivity contribution is 0.306. The smallest absolute Gasteiger partial charge is 0.119 e. The first-order valence-corrected chi connectivity index (χ1v) is 9.28. The van der Waals surface area contributed by atoms with E-state index in [1.807, 2.05) is 36.4 Å². The Hall–Kier alpha value is -1.77. The minimum absolute atomic E-state index is 0.571. The second-order valence-corrected chi connectivity index (χ2v) is 6.78. The van der Waals surface area contributed by atoms with Gasteiger partial charge in [0.2, 0.25) is 0 Å². The van der Waals surface area contributed by atoms with Crippen LogP contribution in [-0.2, 0) is 11.9 Å². The molecule has 3 aromatic carbocycles. The minimum Gasteiger partial charge on any atom is -0.489 e. The highest BCUT2D eigenvalue weighted by molar-refractivity contribution is 9.08. The van der Waals surface area contributed by atoms with E-state index in [0.29, 0.717) is 6.61 Å². The summed E-state index contributed by atoms with van der Waals surface area (Å²) >= 11 is 9.44. The fourth-order valence-electron chi connectivity index (χ4n) is 2.66. The fourth-order valence-corrected chi connectivity index (χ4v) is 3.11. The number of halogens is 2. The van der Waals surface area contributed by atoms with Crippen LogP contribution in [0.15, 0.2) is 66.7 Å². The lowest BCUT2D eigenvalue weighted by atomic mass is 10.1. The van der Waals surface area contributed by atoms with E-state index < -0.39 is 0 Å². The number of benzene rings is 3. The SMILES string of the molecule is Cc1cc(CBr)cc(COc2ccc(-c3ccc(Cl)cc3)cc2)c1. The third-order valence-corrected chi connectivity index (χ3v) is 4.69. The molecule has 122 valence electrons. The van der Waals surface area contributed by atoms with Crippen LogP contribution < -0.4 is 4.74 Å². The second kappa shape index (κ2) is 7.87. The van der Waals surface area contributed by atoms with Gasteiger partial charge in [0.1, 0.15) is 12.4 Å².